The molecule has 1 heterocycles. The van der Waals surface area contributed by atoms with E-state index in [9.17, 15) is 0 Å². The van der Waals surface area contributed by atoms with Gasteiger partial charge in [0.15, 0.2) is 0 Å². The van der Waals surface area contributed by atoms with Gasteiger partial charge >= 0.3 is 0 Å². The Bertz CT molecular complexity index is 555. The molecule has 0 saturated heterocycles. The smallest absolute Gasteiger partial charge is 0.223 e. The van der Waals surface area contributed by atoms with Gasteiger partial charge in [0, 0.05) is 18.4 Å². The van der Waals surface area contributed by atoms with Crippen molar-refractivity contribution in [3.63, 3.8) is 0 Å². The molecule has 2 aromatic rings. The van der Waals surface area contributed by atoms with Gasteiger partial charge in [0.1, 0.15) is 5.75 Å². The zero-order valence-corrected chi connectivity index (χ0v) is 11.6. The van der Waals surface area contributed by atoms with Crippen molar-refractivity contribution in [3.05, 3.63) is 47.3 Å². The van der Waals surface area contributed by atoms with Gasteiger partial charge in [0.2, 0.25) is 5.95 Å². The van der Waals surface area contributed by atoms with Crippen molar-refractivity contribution in [1.29, 1.82) is 0 Å². The van der Waals surface area contributed by atoms with Crippen LogP contribution in [0.3, 0.4) is 0 Å². The first-order valence-corrected chi connectivity index (χ1v) is 6.45. The summed E-state index contributed by atoms with van der Waals surface area (Å²) in [6.45, 7) is 7.39. The molecule has 0 bridgehead atoms. The molecule has 0 radical (unpaired) electrons. The molecule has 0 aliphatic rings. The Hall–Kier alpha value is -2.10. The van der Waals surface area contributed by atoms with E-state index >= 15 is 0 Å². The molecule has 1 aromatic carbocycles. The van der Waals surface area contributed by atoms with E-state index in [0.717, 1.165) is 17.0 Å². The highest BCUT2D eigenvalue weighted by atomic mass is 16.5. The normalized spacial score (nSPS) is 10.3. The van der Waals surface area contributed by atoms with Gasteiger partial charge in [-0.2, -0.15) is 0 Å². The second kappa shape index (κ2) is 6.18. The first-order valence-electron chi connectivity index (χ1n) is 6.45. The van der Waals surface area contributed by atoms with E-state index in [1.54, 1.807) is 6.20 Å². The molecule has 0 fully saturated rings. The van der Waals surface area contributed by atoms with Crippen molar-refractivity contribution in [2.45, 2.75) is 27.3 Å². The van der Waals surface area contributed by atoms with Crippen molar-refractivity contribution in [2.24, 2.45) is 0 Å². The van der Waals surface area contributed by atoms with E-state index < -0.39 is 0 Å². The van der Waals surface area contributed by atoms with Crippen LogP contribution in [0.1, 0.15) is 23.7 Å². The molecular formula is C15H19N3O. The third-order valence-electron chi connectivity index (χ3n) is 2.78. The van der Waals surface area contributed by atoms with Crippen molar-refractivity contribution < 1.29 is 4.74 Å². The predicted molar refractivity (Wildman–Crippen MR) is 76.4 cm³/mol. The molecule has 4 heteroatoms. The zero-order valence-electron chi connectivity index (χ0n) is 11.6. The summed E-state index contributed by atoms with van der Waals surface area (Å²) in [5.41, 5.74) is 3.29. The predicted octanol–water partition coefficient (Wildman–Crippen LogP) is 3.10. The minimum atomic E-state index is 0.659. The molecule has 1 aromatic heterocycles. The number of nitrogens with zero attached hydrogens (tertiary/aromatic N) is 2. The van der Waals surface area contributed by atoms with Crippen LogP contribution in [-0.2, 0) is 6.54 Å². The van der Waals surface area contributed by atoms with E-state index in [2.05, 4.69) is 34.3 Å². The molecule has 1 N–H and O–H groups in total. The highest BCUT2D eigenvalue weighted by Gasteiger charge is 2.01. The lowest BCUT2D eigenvalue weighted by atomic mass is 10.1. The van der Waals surface area contributed by atoms with Gasteiger partial charge < -0.3 is 10.1 Å². The number of hydrogen-bond donors (Lipinski definition) is 1. The lowest BCUT2D eigenvalue weighted by Gasteiger charge is -2.10. The summed E-state index contributed by atoms with van der Waals surface area (Å²) >= 11 is 0. The fraction of sp³-hybridized carbons (Fsp3) is 0.333. The second-order valence-electron chi connectivity index (χ2n) is 4.41. The number of anilines is 1. The third kappa shape index (κ3) is 3.68. The van der Waals surface area contributed by atoms with Crippen LogP contribution in [0.5, 0.6) is 5.75 Å². The molecule has 0 aliphatic heterocycles. The van der Waals surface area contributed by atoms with Gasteiger partial charge in [-0.05, 0) is 44.0 Å². The van der Waals surface area contributed by atoms with Crippen molar-refractivity contribution in [3.8, 4) is 5.75 Å². The number of aromatic nitrogens is 2. The summed E-state index contributed by atoms with van der Waals surface area (Å²) in [6.07, 6.45) is 1.76. The van der Waals surface area contributed by atoms with Crippen LogP contribution >= 0.6 is 0 Å². The number of benzene rings is 1. The quantitative estimate of drug-likeness (QED) is 0.894. The Morgan fingerprint density at radius 1 is 1.21 bits per heavy atom. The van der Waals surface area contributed by atoms with Crippen LogP contribution in [0.25, 0.3) is 0 Å². The number of rotatable bonds is 5. The molecule has 0 saturated carbocycles. The first kappa shape index (κ1) is 13.3. The summed E-state index contributed by atoms with van der Waals surface area (Å²) in [6, 6.07) is 8.06. The van der Waals surface area contributed by atoms with Crippen LogP contribution in [0, 0.1) is 13.8 Å². The summed E-state index contributed by atoms with van der Waals surface area (Å²) < 4.78 is 5.53. The molecule has 0 spiro atoms. The highest BCUT2D eigenvalue weighted by molar-refractivity contribution is 5.38. The fourth-order valence-corrected chi connectivity index (χ4v) is 1.85. The van der Waals surface area contributed by atoms with E-state index in [4.69, 9.17) is 4.74 Å². The summed E-state index contributed by atoms with van der Waals surface area (Å²) in [5, 5.41) is 3.22. The van der Waals surface area contributed by atoms with Crippen LogP contribution in [-0.4, -0.2) is 16.6 Å². The number of ether oxygens (including phenoxy) is 1. The van der Waals surface area contributed by atoms with Gasteiger partial charge in [-0.25, -0.2) is 9.97 Å². The monoisotopic (exact) mass is 257 g/mol. The summed E-state index contributed by atoms with van der Waals surface area (Å²) in [5.74, 6) is 1.60. The van der Waals surface area contributed by atoms with E-state index in [0.29, 0.717) is 19.1 Å². The van der Waals surface area contributed by atoms with Gasteiger partial charge in [-0.1, -0.05) is 12.1 Å². The van der Waals surface area contributed by atoms with E-state index in [-0.39, 0.29) is 0 Å². The summed E-state index contributed by atoms with van der Waals surface area (Å²) in [7, 11) is 0. The maximum atomic E-state index is 5.53. The van der Waals surface area contributed by atoms with Crippen molar-refractivity contribution >= 4 is 5.95 Å². The number of hydrogen-bond acceptors (Lipinski definition) is 4. The lowest BCUT2D eigenvalue weighted by Crippen LogP contribution is -2.04. The molecule has 100 valence electrons. The maximum Gasteiger partial charge on any atom is 0.223 e. The van der Waals surface area contributed by atoms with Gasteiger partial charge in [-0.3, -0.25) is 0 Å². The first-order chi connectivity index (χ1) is 9.19. The maximum absolute atomic E-state index is 5.53. The van der Waals surface area contributed by atoms with Crippen molar-refractivity contribution in [1.82, 2.24) is 9.97 Å². The minimum Gasteiger partial charge on any atom is -0.494 e. The number of nitrogens with one attached hydrogen (secondary N) is 1. The Kier molecular flexibility index (Phi) is 4.34. The fourth-order valence-electron chi connectivity index (χ4n) is 1.85. The zero-order chi connectivity index (χ0) is 13.7. The minimum absolute atomic E-state index is 0.659. The Morgan fingerprint density at radius 2 is 2.05 bits per heavy atom. The lowest BCUT2D eigenvalue weighted by molar-refractivity contribution is 0.338. The second-order valence-corrected chi connectivity index (χ2v) is 4.41. The Balaban J connectivity index is 2.02. The van der Waals surface area contributed by atoms with Gasteiger partial charge in [-0.15, -0.1) is 0 Å². The van der Waals surface area contributed by atoms with E-state index in [1.165, 1.54) is 5.56 Å². The van der Waals surface area contributed by atoms with Gasteiger partial charge in [0.25, 0.3) is 0 Å². The Morgan fingerprint density at radius 3 is 2.74 bits per heavy atom. The van der Waals surface area contributed by atoms with Gasteiger partial charge in [0.05, 0.1) is 6.61 Å². The average molecular weight is 257 g/mol. The molecule has 0 unspecified atom stereocenters. The largest absolute Gasteiger partial charge is 0.494 e. The van der Waals surface area contributed by atoms with Crippen LogP contribution in [0.15, 0.2) is 30.5 Å². The molecule has 0 atom stereocenters. The van der Waals surface area contributed by atoms with E-state index in [1.807, 2.05) is 26.0 Å². The number of aryl methyl sites for hydroxylation is 2. The topological polar surface area (TPSA) is 47.0 Å². The summed E-state index contributed by atoms with van der Waals surface area (Å²) in [4.78, 5) is 8.49. The molecule has 4 nitrogen and oxygen atoms in total. The molecule has 0 aliphatic carbocycles. The van der Waals surface area contributed by atoms with Crippen molar-refractivity contribution in [2.75, 3.05) is 11.9 Å². The van der Waals surface area contributed by atoms with Crippen LogP contribution < -0.4 is 10.1 Å². The molecule has 0 amide bonds. The average Bonchev–Trinajstić information content (AvgIpc) is 2.39. The highest BCUT2D eigenvalue weighted by Crippen LogP contribution is 2.19. The SMILES string of the molecule is CCOc1ccc(CNc2nccc(C)n2)cc1C. The van der Waals surface area contributed by atoms with Crippen LogP contribution in [0.4, 0.5) is 5.95 Å². The standard InChI is InChI=1S/C15H19N3O/c1-4-19-14-6-5-13(9-11(14)2)10-17-15-16-8-7-12(3)18-15/h5-9H,4,10H2,1-3H3,(H,16,17,18). The molecular weight excluding hydrogens is 238 g/mol. The Labute approximate surface area is 113 Å². The molecule has 19 heavy (non-hydrogen) atoms. The third-order valence-corrected chi connectivity index (χ3v) is 2.78. The van der Waals surface area contributed by atoms with Crippen LogP contribution in [0.2, 0.25) is 0 Å². The molecule has 2 rings (SSSR count).